The smallest absolute Gasteiger partial charge is 0.129 e. The molecule has 1 rings (SSSR count). The molecule has 0 saturated heterocycles. The van der Waals surface area contributed by atoms with Crippen LogP contribution in [-0.2, 0) is 0 Å². The van der Waals surface area contributed by atoms with Crippen LogP contribution in [0, 0.1) is 12.7 Å². The van der Waals surface area contributed by atoms with Crippen LogP contribution >= 0.6 is 0 Å². The first-order valence-corrected chi connectivity index (χ1v) is 5.02. The lowest BCUT2D eigenvalue weighted by molar-refractivity contribution is 0.241. The summed E-state index contributed by atoms with van der Waals surface area (Å²) in [5.74, 6) is 0.376. The van der Waals surface area contributed by atoms with Gasteiger partial charge in [-0.05, 0) is 32.4 Å². The van der Waals surface area contributed by atoms with Gasteiger partial charge < -0.3 is 4.74 Å². The molecule has 1 nitrogen and oxygen atoms in total. The van der Waals surface area contributed by atoms with Crippen molar-refractivity contribution in [3.05, 3.63) is 29.6 Å². The molecule has 0 fully saturated rings. The lowest BCUT2D eigenvalue weighted by Crippen LogP contribution is -2.05. The van der Waals surface area contributed by atoms with Gasteiger partial charge >= 0.3 is 0 Å². The first-order valence-electron chi connectivity index (χ1n) is 5.02. The minimum absolute atomic E-state index is 0.0899. The van der Waals surface area contributed by atoms with Gasteiger partial charge in [-0.1, -0.05) is 19.9 Å². The lowest BCUT2D eigenvalue weighted by Gasteiger charge is -2.09. The van der Waals surface area contributed by atoms with E-state index in [1.807, 2.05) is 27.7 Å². The van der Waals surface area contributed by atoms with Crippen LogP contribution in [0.5, 0.6) is 5.75 Å². The number of aryl methyl sites for hydroxylation is 1. The number of benzene rings is 1. The van der Waals surface area contributed by atoms with Crippen molar-refractivity contribution in [3.8, 4) is 5.75 Å². The summed E-state index contributed by atoms with van der Waals surface area (Å²) in [6.45, 7) is 9.56. The van der Waals surface area contributed by atoms with Gasteiger partial charge in [-0.3, -0.25) is 0 Å². The molecule has 0 aliphatic heterocycles. The topological polar surface area (TPSA) is 9.23 Å². The van der Waals surface area contributed by atoms with Gasteiger partial charge in [-0.15, -0.1) is 0 Å². The molecule has 0 unspecified atom stereocenters. The molecule has 0 amide bonds. The van der Waals surface area contributed by atoms with Gasteiger partial charge in [0.05, 0.1) is 6.10 Å². The van der Waals surface area contributed by atoms with E-state index in [4.69, 9.17) is 4.74 Å². The second-order valence-electron chi connectivity index (χ2n) is 3.08. The Labute approximate surface area is 85.9 Å². The van der Waals surface area contributed by atoms with E-state index >= 15 is 0 Å². The summed E-state index contributed by atoms with van der Waals surface area (Å²) in [4.78, 5) is 0. The highest BCUT2D eigenvalue weighted by Crippen LogP contribution is 2.16. The SMILES string of the molecule is CC.Cc1ccc(OC(C)C)cc1F. The molecule has 0 heterocycles. The largest absolute Gasteiger partial charge is 0.491 e. The second kappa shape index (κ2) is 6.41. The molecule has 1 aromatic rings. The van der Waals surface area contributed by atoms with Crippen molar-refractivity contribution >= 4 is 0 Å². The highest BCUT2D eigenvalue weighted by Gasteiger charge is 2.01. The zero-order chi connectivity index (χ0) is 11.1. The van der Waals surface area contributed by atoms with Gasteiger partial charge in [0.25, 0.3) is 0 Å². The Morgan fingerprint density at radius 2 is 1.79 bits per heavy atom. The summed E-state index contributed by atoms with van der Waals surface area (Å²) < 4.78 is 18.3. The van der Waals surface area contributed by atoms with Gasteiger partial charge in [0.2, 0.25) is 0 Å². The second-order valence-corrected chi connectivity index (χ2v) is 3.08. The normalized spacial score (nSPS) is 9.36. The molecule has 14 heavy (non-hydrogen) atoms. The van der Waals surface area contributed by atoms with E-state index in [0.29, 0.717) is 11.3 Å². The molecule has 0 aliphatic rings. The third-order valence-corrected chi connectivity index (χ3v) is 1.52. The summed E-state index contributed by atoms with van der Waals surface area (Å²) in [5, 5.41) is 0. The van der Waals surface area contributed by atoms with Gasteiger partial charge in [-0.25, -0.2) is 4.39 Å². The minimum Gasteiger partial charge on any atom is -0.491 e. The van der Waals surface area contributed by atoms with E-state index in [0.717, 1.165) is 0 Å². The zero-order valence-corrected chi connectivity index (χ0v) is 9.60. The monoisotopic (exact) mass is 198 g/mol. The van der Waals surface area contributed by atoms with E-state index in [1.54, 1.807) is 19.1 Å². The summed E-state index contributed by atoms with van der Waals surface area (Å²) in [6, 6.07) is 4.90. The summed E-state index contributed by atoms with van der Waals surface area (Å²) in [6.07, 6.45) is 0.0899. The van der Waals surface area contributed by atoms with Crippen LogP contribution in [0.15, 0.2) is 18.2 Å². The number of halogens is 1. The minimum atomic E-state index is -0.215. The number of rotatable bonds is 2. The molecule has 0 saturated carbocycles. The molecule has 2 heteroatoms. The Balaban J connectivity index is 0.000000791. The van der Waals surface area contributed by atoms with Crippen LogP contribution in [0.25, 0.3) is 0 Å². The molecule has 0 aromatic heterocycles. The molecular weight excluding hydrogens is 179 g/mol. The van der Waals surface area contributed by atoms with Crippen molar-refractivity contribution in [2.24, 2.45) is 0 Å². The first kappa shape index (κ1) is 12.9. The summed E-state index contributed by atoms with van der Waals surface area (Å²) >= 11 is 0. The van der Waals surface area contributed by atoms with Gasteiger partial charge in [0.15, 0.2) is 0 Å². The fraction of sp³-hybridized carbons (Fsp3) is 0.500. The van der Waals surface area contributed by atoms with E-state index in [2.05, 4.69) is 0 Å². The standard InChI is InChI=1S/C10H13FO.C2H6/c1-7(2)12-9-5-4-8(3)10(11)6-9;1-2/h4-7H,1-3H3;1-2H3. The van der Waals surface area contributed by atoms with E-state index in [1.165, 1.54) is 6.07 Å². The van der Waals surface area contributed by atoms with Crippen molar-refractivity contribution in [2.75, 3.05) is 0 Å². The van der Waals surface area contributed by atoms with Crippen LogP contribution in [-0.4, -0.2) is 6.10 Å². The molecule has 0 radical (unpaired) electrons. The van der Waals surface area contributed by atoms with E-state index in [9.17, 15) is 4.39 Å². The number of hydrogen-bond acceptors (Lipinski definition) is 1. The molecule has 80 valence electrons. The maximum Gasteiger partial charge on any atom is 0.129 e. The van der Waals surface area contributed by atoms with Crippen LogP contribution in [0.4, 0.5) is 4.39 Å². The summed E-state index contributed by atoms with van der Waals surface area (Å²) in [5.41, 5.74) is 0.645. The highest BCUT2D eigenvalue weighted by atomic mass is 19.1. The average molecular weight is 198 g/mol. The molecule has 0 atom stereocenters. The maximum atomic E-state index is 12.9. The third-order valence-electron chi connectivity index (χ3n) is 1.52. The number of ether oxygens (including phenoxy) is 1. The van der Waals surface area contributed by atoms with E-state index in [-0.39, 0.29) is 11.9 Å². The van der Waals surface area contributed by atoms with Crippen molar-refractivity contribution < 1.29 is 9.13 Å². The van der Waals surface area contributed by atoms with Crippen molar-refractivity contribution in [1.82, 2.24) is 0 Å². The van der Waals surface area contributed by atoms with Crippen LogP contribution in [0.3, 0.4) is 0 Å². The molecule has 0 aliphatic carbocycles. The van der Waals surface area contributed by atoms with Crippen LogP contribution in [0.2, 0.25) is 0 Å². The molecule has 0 bridgehead atoms. The Hall–Kier alpha value is -1.05. The summed E-state index contributed by atoms with van der Waals surface area (Å²) in [7, 11) is 0. The van der Waals surface area contributed by atoms with E-state index < -0.39 is 0 Å². The predicted molar refractivity (Wildman–Crippen MR) is 58.2 cm³/mol. The first-order chi connectivity index (χ1) is 6.59. The Kier molecular flexibility index (Phi) is 5.93. The highest BCUT2D eigenvalue weighted by molar-refractivity contribution is 5.28. The maximum absolute atomic E-state index is 12.9. The molecule has 0 N–H and O–H groups in total. The van der Waals surface area contributed by atoms with Crippen LogP contribution < -0.4 is 4.74 Å². The van der Waals surface area contributed by atoms with Gasteiger partial charge in [0, 0.05) is 6.07 Å². The van der Waals surface area contributed by atoms with Crippen molar-refractivity contribution in [1.29, 1.82) is 0 Å². The Morgan fingerprint density at radius 1 is 1.21 bits per heavy atom. The van der Waals surface area contributed by atoms with Crippen molar-refractivity contribution in [3.63, 3.8) is 0 Å². The van der Waals surface area contributed by atoms with Crippen molar-refractivity contribution in [2.45, 2.75) is 40.7 Å². The van der Waals surface area contributed by atoms with Crippen LogP contribution in [0.1, 0.15) is 33.3 Å². The lowest BCUT2D eigenvalue weighted by atomic mass is 10.2. The van der Waals surface area contributed by atoms with Gasteiger partial charge in [-0.2, -0.15) is 0 Å². The quantitative estimate of drug-likeness (QED) is 0.699. The average Bonchev–Trinajstić information content (AvgIpc) is 2.14. The number of hydrogen-bond donors (Lipinski definition) is 0. The molecule has 0 spiro atoms. The third kappa shape index (κ3) is 4.26. The molecule has 1 aromatic carbocycles. The fourth-order valence-electron chi connectivity index (χ4n) is 0.919. The zero-order valence-electron chi connectivity index (χ0n) is 9.60. The molecular formula is C12H19FO. The Bertz CT molecular complexity index is 269. The fourth-order valence-corrected chi connectivity index (χ4v) is 0.919. The predicted octanol–water partition coefficient (Wildman–Crippen LogP) is 3.95. The van der Waals surface area contributed by atoms with Gasteiger partial charge in [0.1, 0.15) is 11.6 Å². The Morgan fingerprint density at radius 3 is 2.21 bits per heavy atom.